The van der Waals surface area contributed by atoms with E-state index in [4.69, 9.17) is 0 Å². The van der Waals surface area contributed by atoms with Crippen LogP contribution in [0.3, 0.4) is 0 Å². The highest BCUT2D eigenvalue weighted by atomic mass is 15.3. The van der Waals surface area contributed by atoms with Gasteiger partial charge in [0.05, 0.1) is 5.69 Å². The number of nitrogens with one attached hydrogen (secondary N) is 1. The molecule has 4 heteroatoms. The van der Waals surface area contributed by atoms with Crippen LogP contribution in [0.2, 0.25) is 0 Å². The van der Waals surface area contributed by atoms with Gasteiger partial charge in [0.1, 0.15) is 0 Å². The predicted octanol–water partition coefficient (Wildman–Crippen LogP) is 1.64. The van der Waals surface area contributed by atoms with Crippen molar-refractivity contribution in [2.45, 2.75) is 26.1 Å². The van der Waals surface area contributed by atoms with Crippen LogP contribution >= 0.6 is 0 Å². The number of hydrogen-bond acceptors (Lipinski definition) is 4. The average Bonchev–Trinajstić information content (AvgIpc) is 2.90. The fourth-order valence-corrected chi connectivity index (χ4v) is 2.89. The molecule has 1 aromatic carbocycles. The molecule has 19 heavy (non-hydrogen) atoms. The predicted molar refractivity (Wildman–Crippen MR) is 73.8 cm³/mol. The van der Waals surface area contributed by atoms with Gasteiger partial charge >= 0.3 is 0 Å². The largest absolute Gasteiger partial charge is 0.346 e. The number of nitrogens with zero attached hydrogens (tertiary/aromatic N) is 3. The maximum Gasteiger partial charge on any atom is 0.152 e. The lowest BCUT2D eigenvalue weighted by atomic mass is 10.1. The van der Waals surface area contributed by atoms with E-state index < -0.39 is 0 Å². The number of anilines is 1. The van der Waals surface area contributed by atoms with E-state index in [1.165, 1.54) is 16.7 Å². The SMILES string of the molecule is c1ccc2c(c1)CN(c1cc3c(nn1)CCNC3)C2. The van der Waals surface area contributed by atoms with Crippen LogP contribution < -0.4 is 10.2 Å². The maximum absolute atomic E-state index is 4.41. The Hall–Kier alpha value is -1.94. The summed E-state index contributed by atoms with van der Waals surface area (Å²) in [6.07, 6.45) is 0.989. The fourth-order valence-electron chi connectivity index (χ4n) is 2.89. The van der Waals surface area contributed by atoms with E-state index in [-0.39, 0.29) is 0 Å². The van der Waals surface area contributed by atoms with Crippen molar-refractivity contribution < 1.29 is 0 Å². The quantitative estimate of drug-likeness (QED) is 0.837. The summed E-state index contributed by atoms with van der Waals surface area (Å²) in [5.41, 5.74) is 5.26. The lowest BCUT2D eigenvalue weighted by Gasteiger charge is -2.20. The molecule has 0 radical (unpaired) electrons. The minimum atomic E-state index is 0.915. The number of aromatic nitrogens is 2. The number of fused-ring (bicyclic) bond motifs is 2. The first-order valence-corrected chi connectivity index (χ1v) is 6.78. The number of hydrogen-bond donors (Lipinski definition) is 1. The molecule has 96 valence electrons. The van der Waals surface area contributed by atoms with Gasteiger partial charge in [-0.2, -0.15) is 5.10 Å². The van der Waals surface area contributed by atoms with Crippen LogP contribution in [0.1, 0.15) is 22.4 Å². The highest BCUT2D eigenvalue weighted by Crippen LogP contribution is 2.27. The van der Waals surface area contributed by atoms with E-state index in [2.05, 4.69) is 50.7 Å². The normalized spacial score (nSPS) is 17.2. The van der Waals surface area contributed by atoms with Crippen LogP contribution in [-0.4, -0.2) is 16.7 Å². The van der Waals surface area contributed by atoms with Gasteiger partial charge in [-0.25, -0.2) is 0 Å². The molecule has 3 heterocycles. The van der Waals surface area contributed by atoms with E-state index in [1.54, 1.807) is 0 Å². The van der Waals surface area contributed by atoms with Crippen molar-refractivity contribution in [3.05, 3.63) is 52.7 Å². The van der Waals surface area contributed by atoms with Crippen molar-refractivity contribution in [1.82, 2.24) is 15.5 Å². The lowest BCUT2D eigenvalue weighted by molar-refractivity contribution is 0.618. The van der Waals surface area contributed by atoms with Gasteiger partial charge in [0.2, 0.25) is 0 Å². The van der Waals surface area contributed by atoms with Crippen molar-refractivity contribution in [2.24, 2.45) is 0 Å². The second-order valence-corrected chi connectivity index (χ2v) is 5.23. The summed E-state index contributed by atoms with van der Waals surface area (Å²) in [5.74, 6) is 0.999. The zero-order valence-electron chi connectivity index (χ0n) is 10.8. The Kier molecular flexibility index (Phi) is 2.48. The van der Waals surface area contributed by atoms with Crippen LogP contribution in [-0.2, 0) is 26.1 Å². The summed E-state index contributed by atoms with van der Waals surface area (Å²) in [7, 11) is 0. The Morgan fingerprint density at radius 3 is 2.58 bits per heavy atom. The molecule has 0 atom stereocenters. The van der Waals surface area contributed by atoms with Crippen LogP contribution in [0.5, 0.6) is 0 Å². The molecular formula is C15H16N4. The summed E-state index contributed by atoms with van der Waals surface area (Å²) < 4.78 is 0. The first-order chi connectivity index (χ1) is 9.40. The van der Waals surface area contributed by atoms with E-state index in [9.17, 15) is 0 Å². The van der Waals surface area contributed by atoms with Crippen molar-refractivity contribution in [2.75, 3.05) is 11.4 Å². The van der Waals surface area contributed by atoms with Gasteiger partial charge in [0.15, 0.2) is 5.82 Å². The summed E-state index contributed by atoms with van der Waals surface area (Å²) in [6, 6.07) is 10.8. The molecule has 0 aliphatic carbocycles. The van der Waals surface area contributed by atoms with Crippen LogP contribution in [0.25, 0.3) is 0 Å². The highest BCUT2D eigenvalue weighted by molar-refractivity contribution is 5.48. The van der Waals surface area contributed by atoms with Gasteiger partial charge in [-0.3, -0.25) is 0 Å². The van der Waals surface area contributed by atoms with Crippen molar-refractivity contribution >= 4 is 5.82 Å². The zero-order valence-corrected chi connectivity index (χ0v) is 10.8. The molecule has 0 saturated carbocycles. The minimum absolute atomic E-state index is 0.915. The third-order valence-electron chi connectivity index (χ3n) is 3.97. The summed E-state index contributed by atoms with van der Waals surface area (Å²) in [4.78, 5) is 2.30. The number of rotatable bonds is 1. The molecular weight excluding hydrogens is 236 g/mol. The third-order valence-corrected chi connectivity index (χ3v) is 3.97. The Morgan fingerprint density at radius 1 is 1.00 bits per heavy atom. The van der Waals surface area contributed by atoms with Gasteiger partial charge in [-0.05, 0) is 22.8 Å². The Morgan fingerprint density at radius 2 is 1.79 bits per heavy atom. The van der Waals surface area contributed by atoms with Crippen molar-refractivity contribution in [1.29, 1.82) is 0 Å². The molecule has 0 bridgehead atoms. The molecule has 0 spiro atoms. The topological polar surface area (TPSA) is 41.1 Å². The van der Waals surface area contributed by atoms with Gasteiger partial charge < -0.3 is 10.2 Å². The maximum atomic E-state index is 4.41. The van der Waals surface area contributed by atoms with Crippen LogP contribution in [0, 0.1) is 0 Å². The molecule has 0 saturated heterocycles. The second kappa shape index (κ2) is 4.31. The van der Waals surface area contributed by atoms with Crippen LogP contribution in [0.4, 0.5) is 5.82 Å². The first kappa shape index (κ1) is 10.9. The molecule has 1 aromatic heterocycles. The van der Waals surface area contributed by atoms with E-state index in [0.29, 0.717) is 0 Å². The van der Waals surface area contributed by atoms with Gasteiger partial charge in [0.25, 0.3) is 0 Å². The summed E-state index contributed by atoms with van der Waals surface area (Å²) in [6.45, 7) is 3.81. The monoisotopic (exact) mass is 252 g/mol. The zero-order chi connectivity index (χ0) is 12.7. The second-order valence-electron chi connectivity index (χ2n) is 5.23. The average molecular weight is 252 g/mol. The lowest BCUT2D eigenvalue weighted by Crippen LogP contribution is -2.26. The molecule has 2 aliphatic rings. The Balaban J connectivity index is 1.64. The first-order valence-electron chi connectivity index (χ1n) is 6.78. The molecule has 0 amide bonds. The van der Waals surface area contributed by atoms with E-state index in [0.717, 1.165) is 44.1 Å². The molecule has 0 fully saturated rings. The molecule has 4 nitrogen and oxygen atoms in total. The smallest absolute Gasteiger partial charge is 0.152 e. The van der Waals surface area contributed by atoms with E-state index >= 15 is 0 Å². The third kappa shape index (κ3) is 1.88. The fraction of sp³-hybridized carbons (Fsp3) is 0.333. The van der Waals surface area contributed by atoms with Gasteiger partial charge in [-0.1, -0.05) is 24.3 Å². The standard InChI is InChI=1S/C15H16N4/c1-2-4-12-10-19(9-11(12)3-1)15-7-13-8-16-6-5-14(13)17-18-15/h1-4,7,16H,5-6,8-10H2. The van der Waals surface area contributed by atoms with E-state index in [1.807, 2.05) is 0 Å². The van der Waals surface area contributed by atoms with Gasteiger partial charge in [0, 0.05) is 32.6 Å². The molecule has 2 aliphatic heterocycles. The Bertz CT molecular complexity index is 598. The molecule has 1 N–H and O–H groups in total. The molecule has 2 aromatic rings. The van der Waals surface area contributed by atoms with Crippen molar-refractivity contribution in [3.8, 4) is 0 Å². The van der Waals surface area contributed by atoms with Crippen molar-refractivity contribution in [3.63, 3.8) is 0 Å². The minimum Gasteiger partial charge on any atom is -0.346 e. The van der Waals surface area contributed by atoms with Crippen LogP contribution in [0.15, 0.2) is 30.3 Å². The Labute approximate surface area is 112 Å². The number of benzene rings is 1. The molecule has 4 rings (SSSR count). The summed E-state index contributed by atoms with van der Waals surface area (Å²) >= 11 is 0. The highest BCUT2D eigenvalue weighted by Gasteiger charge is 2.21. The molecule has 0 unspecified atom stereocenters. The van der Waals surface area contributed by atoms with Gasteiger partial charge in [-0.15, -0.1) is 5.10 Å². The summed E-state index contributed by atoms with van der Waals surface area (Å²) in [5, 5.41) is 12.2.